The second-order valence-corrected chi connectivity index (χ2v) is 3.88. The van der Waals surface area contributed by atoms with E-state index in [-0.39, 0.29) is 5.75 Å². The number of phenols is 1. The molecule has 0 aliphatic heterocycles. The van der Waals surface area contributed by atoms with Crippen molar-refractivity contribution in [1.29, 1.82) is 0 Å². The van der Waals surface area contributed by atoms with Crippen molar-refractivity contribution in [2.75, 3.05) is 5.32 Å². The van der Waals surface area contributed by atoms with E-state index in [9.17, 15) is 4.39 Å². The molecule has 4 nitrogen and oxygen atoms in total. The van der Waals surface area contributed by atoms with E-state index < -0.39 is 5.82 Å². The number of halogens is 1. The molecule has 0 aliphatic carbocycles. The summed E-state index contributed by atoms with van der Waals surface area (Å²) in [5.41, 5.74) is 2.23. The van der Waals surface area contributed by atoms with Gasteiger partial charge in [0.1, 0.15) is 0 Å². The van der Waals surface area contributed by atoms with Crippen molar-refractivity contribution in [3.8, 4) is 5.75 Å². The second kappa shape index (κ2) is 4.03. The largest absolute Gasteiger partial charge is 0.505 e. The van der Waals surface area contributed by atoms with Gasteiger partial charge in [-0.2, -0.15) is 5.10 Å². The van der Waals surface area contributed by atoms with Gasteiger partial charge in [0.15, 0.2) is 11.6 Å². The molecule has 0 radical (unpaired) electrons. The molecule has 0 saturated carbocycles. The van der Waals surface area contributed by atoms with Crippen LogP contribution in [-0.2, 0) is 0 Å². The zero-order valence-electron chi connectivity index (χ0n) is 9.34. The molecular formula is C13H10FN3O. The van der Waals surface area contributed by atoms with Crippen molar-refractivity contribution in [3.05, 3.63) is 54.6 Å². The molecule has 3 aromatic rings. The zero-order chi connectivity index (χ0) is 12.5. The lowest BCUT2D eigenvalue weighted by Gasteiger charge is -2.05. The highest BCUT2D eigenvalue weighted by Crippen LogP contribution is 2.24. The average molecular weight is 243 g/mol. The minimum Gasteiger partial charge on any atom is -0.505 e. The molecule has 18 heavy (non-hydrogen) atoms. The fraction of sp³-hybridized carbons (Fsp3) is 0. The van der Waals surface area contributed by atoms with E-state index in [1.165, 1.54) is 12.1 Å². The van der Waals surface area contributed by atoms with Gasteiger partial charge in [0.2, 0.25) is 0 Å². The van der Waals surface area contributed by atoms with E-state index in [1.54, 1.807) is 16.8 Å². The number of anilines is 2. The number of phenolic OH excluding ortho intramolecular Hbond substituents is 1. The van der Waals surface area contributed by atoms with Gasteiger partial charge in [-0.25, -0.2) is 8.91 Å². The van der Waals surface area contributed by atoms with E-state index in [4.69, 9.17) is 5.11 Å². The maximum absolute atomic E-state index is 13.2. The Labute approximate surface area is 102 Å². The van der Waals surface area contributed by atoms with Crippen molar-refractivity contribution in [2.45, 2.75) is 0 Å². The predicted molar refractivity (Wildman–Crippen MR) is 66.5 cm³/mol. The monoisotopic (exact) mass is 243 g/mol. The number of aromatic nitrogens is 2. The quantitative estimate of drug-likeness (QED) is 0.680. The molecular weight excluding hydrogens is 233 g/mol. The van der Waals surface area contributed by atoms with Crippen LogP contribution in [0.15, 0.2) is 48.8 Å². The summed E-state index contributed by atoms with van der Waals surface area (Å²) in [5.74, 6) is -1.02. The van der Waals surface area contributed by atoms with Crippen LogP contribution in [0.4, 0.5) is 15.8 Å². The number of pyridine rings is 1. The maximum atomic E-state index is 13.2. The Morgan fingerprint density at radius 2 is 2.11 bits per heavy atom. The van der Waals surface area contributed by atoms with Crippen LogP contribution in [0, 0.1) is 5.82 Å². The predicted octanol–water partition coefficient (Wildman–Crippen LogP) is 2.92. The first-order valence-electron chi connectivity index (χ1n) is 5.42. The third-order valence-electron chi connectivity index (χ3n) is 2.65. The highest BCUT2D eigenvalue weighted by Gasteiger charge is 2.05. The Balaban J connectivity index is 1.98. The fourth-order valence-corrected chi connectivity index (χ4v) is 1.77. The summed E-state index contributed by atoms with van der Waals surface area (Å²) >= 11 is 0. The van der Waals surface area contributed by atoms with Gasteiger partial charge in [0.25, 0.3) is 0 Å². The zero-order valence-corrected chi connectivity index (χ0v) is 9.34. The van der Waals surface area contributed by atoms with Crippen molar-refractivity contribution in [3.63, 3.8) is 0 Å². The molecule has 1 aromatic carbocycles. The lowest BCUT2D eigenvalue weighted by molar-refractivity contribution is 0.432. The highest BCUT2D eigenvalue weighted by molar-refractivity contribution is 5.76. The van der Waals surface area contributed by atoms with Crippen LogP contribution in [-0.4, -0.2) is 14.7 Å². The molecule has 5 heteroatoms. The highest BCUT2D eigenvalue weighted by atomic mass is 19.1. The van der Waals surface area contributed by atoms with Crippen LogP contribution in [0.2, 0.25) is 0 Å². The summed E-state index contributed by atoms with van der Waals surface area (Å²) in [4.78, 5) is 0. The molecule has 0 atom stereocenters. The van der Waals surface area contributed by atoms with Crippen LogP contribution in [0.3, 0.4) is 0 Å². The van der Waals surface area contributed by atoms with E-state index >= 15 is 0 Å². The molecule has 0 amide bonds. The molecule has 3 rings (SSSR count). The standard InChI is InChI=1S/C13H10FN3O/c14-10-7-9(4-5-13(10)18)16-11-8-15-17-6-2-1-3-12(11)17/h1-8,16,18H. The lowest BCUT2D eigenvalue weighted by Crippen LogP contribution is -1.91. The van der Waals surface area contributed by atoms with Crippen LogP contribution in [0.25, 0.3) is 5.52 Å². The Bertz CT molecular complexity index is 708. The molecule has 2 N–H and O–H groups in total. The topological polar surface area (TPSA) is 49.6 Å². The number of benzene rings is 1. The Hall–Kier alpha value is -2.56. The molecule has 90 valence electrons. The van der Waals surface area contributed by atoms with Gasteiger partial charge in [-0.1, -0.05) is 6.07 Å². The average Bonchev–Trinajstić information content (AvgIpc) is 2.78. The number of fused-ring (bicyclic) bond motifs is 1. The van der Waals surface area contributed by atoms with Gasteiger partial charge in [-0.15, -0.1) is 0 Å². The van der Waals surface area contributed by atoms with Crippen LogP contribution in [0.5, 0.6) is 5.75 Å². The van der Waals surface area contributed by atoms with Crippen molar-refractivity contribution < 1.29 is 9.50 Å². The van der Waals surface area contributed by atoms with Crippen molar-refractivity contribution in [1.82, 2.24) is 9.61 Å². The minimum atomic E-state index is -0.656. The number of rotatable bonds is 2. The Morgan fingerprint density at radius 3 is 2.94 bits per heavy atom. The molecule has 2 aromatic heterocycles. The van der Waals surface area contributed by atoms with Gasteiger partial charge in [0.05, 0.1) is 17.4 Å². The van der Waals surface area contributed by atoms with Gasteiger partial charge in [-0.3, -0.25) is 0 Å². The first kappa shape index (κ1) is 10.6. The number of nitrogens with one attached hydrogen (secondary N) is 1. The summed E-state index contributed by atoms with van der Waals surface area (Å²) < 4.78 is 14.9. The molecule has 0 unspecified atom stereocenters. The van der Waals surface area contributed by atoms with Gasteiger partial charge in [0, 0.05) is 18.0 Å². The first-order valence-corrected chi connectivity index (χ1v) is 5.42. The smallest absolute Gasteiger partial charge is 0.166 e. The van der Waals surface area contributed by atoms with E-state index in [2.05, 4.69) is 10.4 Å². The number of aromatic hydroxyl groups is 1. The maximum Gasteiger partial charge on any atom is 0.166 e. The number of hydrogen-bond acceptors (Lipinski definition) is 3. The molecule has 0 spiro atoms. The summed E-state index contributed by atoms with van der Waals surface area (Å²) in [5, 5.41) is 16.3. The number of nitrogens with zero attached hydrogens (tertiary/aromatic N) is 2. The van der Waals surface area contributed by atoms with E-state index in [0.29, 0.717) is 5.69 Å². The third kappa shape index (κ3) is 1.75. The Kier molecular flexibility index (Phi) is 2.37. The second-order valence-electron chi connectivity index (χ2n) is 3.88. The van der Waals surface area contributed by atoms with Crippen LogP contribution in [0.1, 0.15) is 0 Å². The molecule has 2 heterocycles. The van der Waals surface area contributed by atoms with Crippen molar-refractivity contribution >= 4 is 16.9 Å². The van der Waals surface area contributed by atoms with Gasteiger partial charge in [-0.05, 0) is 24.3 Å². The number of hydrogen-bond donors (Lipinski definition) is 2. The molecule has 0 bridgehead atoms. The summed E-state index contributed by atoms with van der Waals surface area (Å²) in [6.07, 6.45) is 3.50. The normalized spacial score (nSPS) is 10.7. The summed E-state index contributed by atoms with van der Waals surface area (Å²) in [6.45, 7) is 0. The van der Waals surface area contributed by atoms with Crippen LogP contribution >= 0.6 is 0 Å². The Morgan fingerprint density at radius 1 is 1.22 bits per heavy atom. The fourth-order valence-electron chi connectivity index (χ4n) is 1.77. The van der Waals surface area contributed by atoms with Crippen molar-refractivity contribution in [2.24, 2.45) is 0 Å². The lowest BCUT2D eigenvalue weighted by atomic mass is 10.2. The SMILES string of the molecule is Oc1ccc(Nc2cnn3ccccc23)cc1F. The van der Waals surface area contributed by atoms with Gasteiger partial charge >= 0.3 is 0 Å². The third-order valence-corrected chi connectivity index (χ3v) is 2.65. The van der Waals surface area contributed by atoms with E-state index in [1.807, 2.05) is 24.4 Å². The van der Waals surface area contributed by atoms with Crippen LogP contribution < -0.4 is 5.32 Å². The summed E-state index contributed by atoms with van der Waals surface area (Å²) in [6, 6.07) is 9.84. The van der Waals surface area contributed by atoms with E-state index in [0.717, 1.165) is 11.2 Å². The molecule has 0 saturated heterocycles. The minimum absolute atomic E-state index is 0.361. The molecule has 0 fully saturated rings. The first-order chi connectivity index (χ1) is 8.74. The summed E-state index contributed by atoms with van der Waals surface area (Å²) in [7, 11) is 0. The van der Waals surface area contributed by atoms with Gasteiger partial charge < -0.3 is 10.4 Å². The molecule has 0 aliphatic rings.